The summed E-state index contributed by atoms with van der Waals surface area (Å²) in [4.78, 5) is -0.758. The molecule has 126 valence electrons. The van der Waals surface area contributed by atoms with Gasteiger partial charge in [-0.2, -0.15) is 0 Å². The van der Waals surface area contributed by atoms with Crippen LogP contribution in [0.1, 0.15) is 0 Å². The number of aliphatic hydroxyl groups excluding tert-OH is 7. The fourth-order valence-electron chi connectivity index (χ4n) is 2.05. The Morgan fingerprint density at radius 1 is 1.10 bits per heavy atom. The molecule has 0 aromatic rings. The Bertz CT molecular complexity index is 318. The second kappa shape index (κ2) is 8.11. The van der Waals surface area contributed by atoms with Crippen molar-refractivity contribution in [2.24, 2.45) is 0 Å². The highest BCUT2D eigenvalue weighted by Crippen LogP contribution is 2.29. The van der Waals surface area contributed by atoms with Gasteiger partial charge in [-0.3, -0.25) is 0 Å². The molecule has 0 bridgehead atoms. The van der Waals surface area contributed by atoms with Crippen molar-refractivity contribution in [2.75, 3.05) is 13.7 Å². The molecular weight excluding hydrogens is 356 g/mol. The van der Waals surface area contributed by atoms with Crippen LogP contribution in [0.4, 0.5) is 0 Å². The predicted molar refractivity (Wildman–Crippen MR) is 71.5 cm³/mol. The zero-order chi connectivity index (χ0) is 16.3. The van der Waals surface area contributed by atoms with E-state index >= 15 is 0 Å². The minimum atomic E-state index is -1.91. The molecule has 1 fully saturated rings. The minimum absolute atomic E-state index is 0.758. The summed E-state index contributed by atoms with van der Waals surface area (Å²) in [6, 6.07) is 0. The van der Waals surface area contributed by atoms with E-state index in [1.54, 1.807) is 0 Å². The lowest BCUT2D eigenvalue weighted by Crippen LogP contribution is -2.62. The van der Waals surface area contributed by atoms with Gasteiger partial charge in [0.05, 0.1) is 17.5 Å². The molecule has 0 amide bonds. The van der Waals surface area contributed by atoms with Gasteiger partial charge < -0.3 is 45.2 Å². The zero-order valence-corrected chi connectivity index (χ0v) is 12.8. The van der Waals surface area contributed by atoms with Crippen molar-refractivity contribution in [1.29, 1.82) is 0 Å². The van der Waals surface area contributed by atoms with E-state index in [0.717, 1.165) is 0 Å². The first-order valence-electron chi connectivity index (χ1n) is 6.27. The molecule has 0 aliphatic carbocycles. The molecule has 0 aromatic carbocycles. The Morgan fingerprint density at radius 2 is 1.67 bits per heavy atom. The summed E-state index contributed by atoms with van der Waals surface area (Å²) in [7, 11) is 1.29. The average molecular weight is 377 g/mol. The summed E-state index contributed by atoms with van der Waals surface area (Å²) in [6.45, 7) is -0.828. The number of methoxy groups -OCH3 is 1. The first-order chi connectivity index (χ1) is 9.76. The molecule has 9 nitrogen and oxygen atoms in total. The molecular formula is C11H21BrO9. The number of alkyl halides is 1. The molecule has 1 unspecified atom stereocenters. The molecule has 1 saturated heterocycles. The largest absolute Gasteiger partial charge is 0.394 e. The second-order valence-corrected chi connectivity index (χ2v) is 5.91. The lowest BCUT2D eigenvalue weighted by atomic mass is 9.91. The van der Waals surface area contributed by atoms with Crippen LogP contribution >= 0.6 is 15.9 Å². The zero-order valence-electron chi connectivity index (χ0n) is 11.2. The maximum Gasteiger partial charge on any atom is 0.172 e. The quantitative estimate of drug-likeness (QED) is 0.231. The first kappa shape index (κ1) is 19.2. The Balaban J connectivity index is 2.82. The fraction of sp³-hybridized carbons (Fsp3) is 1.00. The molecule has 0 radical (unpaired) electrons. The van der Waals surface area contributed by atoms with Crippen molar-refractivity contribution < 1.29 is 45.2 Å². The number of rotatable bonds is 6. The SMILES string of the molecule is COC1O[C@H]([C@@H](O)[C@@H](O)[C@H](O)[C@H](O)CO)[C@@H](O)[C@H](O)[C@@H]1Br. The molecule has 1 rings (SSSR count). The summed E-state index contributed by atoms with van der Waals surface area (Å²) < 4.78 is 10.2. The maximum absolute atomic E-state index is 9.98. The van der Waals surface area contributed by atoms with Gasteiger partial charge in [0.2, 0.25) is 0 Å². The van der Waals surface area contributed by atoms with E-state index in [9.17, 15) is 30.6 Å². The Hall–Kier alpha value is 0.120. The molecule has 1 heterocycles. The summed E-state index contributed by atoms with van der Waals surface area (Å²) in [6.07, 6.45) is -12.7. The summed E-state index contributed by atoms with van der Waals surface area (Å²) >= 11 is 3.07. The van der Waals surface area contributed by atoms with Gasteiger partial charge in [-0.15, -0.1) is 0 Å². The number of hydrogen-bond donors (Lipinski definition) is 7. The van der Waals surface area contributed by atoms with Crippen molar-refractivity contribution in [1.82, 2.24) is 0 Å². The topological polar surface area (TPSA) is 160 Å². The lowest BCUT2D eigenvalue weighted by Gasteiger charge is -2.43. The van der Waals surface area contributed by atoms with Crippen molar-refractivity contribution >= 4 is 15.9 Å². The maximum atomic E-state index is 9.98. The van der Waals surface area contributed by atoms with Crippen LogP contribution < -0.4 is 0 Å². The van der Waals surface area contributed by atoms with Gasteiger partial charge in [0.25, 0.3) is 0 Å². The number of hydrogen-bond acceptors (Lipinski definition) is 9. The molecule has 0 aromatic heterocycles. The Labute approximate surface area is 129 Å². The predicted octanol–water partition coefficient (Wildman–Crippen LogP) is -3.72. The van der Waals surface area contributed by atoms with Crippen LogP contribution in [-0.2, 0) is 9.47 Å². The molecule has 10 heteroatoms. The second-order valence-electron chi connectivity index (χ2n) is 4.85. The third-order valence-corrected chi connectivity index (χ3v) is 4.39. The van der Waals surface area contributed by atoms with Crippen molar-refractivity contribution in [2.45, 2.75) is 53.8 Å². The molecule has 1 aliphatic heterocycles. The van der Waals surface area contributed by atoms with Crippen molar-refractivity contribution in [3.63, 3.8) is 0 Å². The Morgan fingerprint density at radius 3 is 2.14 bits per heavy atom. The van der Waals surface area contributed by atoms with Crippen LogP contribution in [-0.4, -0.2) is 103 Å². The van der Waals surface area contributed by atoms with Crippen LogP contribution in [0.15, 0.2) is 0 Å². The standard InChI is InChI=1S/C11H21BrO9/c1-20-11-4(12)6(16)8(18)10(21-11)9(19)7(17)5(15)3(14)2-13/h3-11,13-19H,2H2,1H3/t3-,4+,5-,6-,7+,8+,9+,10+,11?/m1/s1. The third kappa shape index (κ3) is 4.10. The monoisotopic (exact) mass is 376 g/mol. The van der Waals surface area contributed by atoms with Crippen LogP contribution in [0.5, 0.6) is 0 Å². The van der Waals surface area contributed by atoms with Crippen molar-refractivity contribution in [3.8, 4) is 0 Å². The van der Waals surface area contributed by atoms with E-state index < -0.39 is 60.5 Å². The first-order valence-corrected chi connectivity index (χ1v) is 7.19. The minimum Gasteiger partial charge on any atom is -0.394 e. The number of aliphatic hydroxyl groups is 7. The normalized spacial score (nSPS) is 39.6. The van der Waals surface area contributed by atoms with E-state index in [1.807, 2.05) is 0 Å². The smallest absolute Gasteiger partial charge is 0.172 e. The van der Waals surface area contributed by atoms with Crippen LogP contribution in [0.2, 0.25) is 0 Å². The van der Waals surface area contributed by atoms with Crippen molar-refractivity contribution in [3.05, 3.63) is 0 Å². The van der Waals surface area contributed by atoms with Gasteiger partial charge in [-0.1, -0.05) is 15.9 Å². The van der Waals surface area contributed by atoms with Gasteiger partial charge in [-0.25, -0.2) is 0 Å². The van der Waals surface area contributed by atoms with Gasteiger partial charge in [-0.05, 0) is 0 Å². The van der Waals surface area contributed by atoms with Crippen LogP contribution in [0.25, 0.3) is 0 Å². The van der Waals surface area contributed by atoms with Crippen LogP contribution in [0.3, 0.4) is 0 Å². The van der Waals surface area contributed by atoms with Gasteiger partial charge in [0.15, 0.2) is 6.29 Å². The van der Waals surface area contributed by atoms with E-state index in [4.69, 9.17) is 14.6 Å². The van der Waals surface area contributed by atoms with E-state index in [1.165, 1.54) is 7.11 Å². The number of ether oxygens (including phenoxy) is 2. The molecule has 7 N–H and O–H groups in total. The molecule has 1 aliphatic rings. The molecule has 0 saturated carbocycles. The molecule has 9 atom stereocenters. The lowest BCUT2D eigenvalue weighted by molar-refractivity contribution is -0.271. The van der Waals surface area contributed by atoms with Gasteiger partial charge >= 0.3 is 0 Å². The number of halogens is 1. The van der Waals surface area contributed by atoms with E-state index in [-0.39, 0.29) is 0 Å². The fourth-order valence-corrected chi connectivity index (χ4v) is 2.71. The third-order valence-electron chi connectivity index (χ3n) is 3.41. The summed E-state index contributed by atoms with van der Waals surface area (Å²) in [5.41, 5.74) is 0. The van der Waals surface area contributed by atoms with Gasteiger partial charge in [0, 0.05) is 7.11 Å². The highest BCUT2D eigenvalue weighted by molar-refractivity contribution is 9.09. The van der Waals surface area contributed by atoms with E-state index in [0.29, 0.717) is 0 Å². The summed E-state index contributed by atoms with van der Waals surface area (Å²) in [5, 5.41) is 67.0. The molecule has 21 heavy (non-hydrogen) atoms. The average Bonchev–Trinajstić information content (AvgIpc) is 2.50. The summed E-state index contributed by atoms with van der Waals surface area (Å²) in [5.74, 6) is 0. The highest BCUT2D eigenvalue weighted by Gasteiger charge is 2.49. The molecule has 0 spiro atoms. The van der Waals surface area contributed by atoms with Crippen LogP contribution in [0, 0.1) is 0 Å². The van der Waals surface area contributed by atoms with E-state index in [2.05, 4.69) is 15.9 Å². The Kier molecular flexibility index (Phi) is 7.40. The van der Waals surface area contributed by atoms with Gasteiger partial charge in [0.1, 0.15) is 36.6 Å². The highest BCUT2D eigenvalue weighted by atomic mass is 79.9.